The number of anilines is 2. The van der Waals surface area contributed by atoms with Gasteiger partial charge in [0.25, 0.3) is 0 Å². The van der Waals surface area contributed by atoms with Crippen molar-refractivity contribution in [2.75, 3.05) is 16.8 Å². The largest absolute Gasteiger partial charge is 0.365 e. The number of carbonyl (C=O) groups is 1. The first-order valence-corrected chi connectivity index (χ1v) is 9.43. The van der Waals surface area contributed by atoms with Crippen LogP contribution in [-0.4, -0.2) is 17.4 Å². The van der Waals surface area contributed by atoms with E-state index in [1.54, 1.807) is 12.1 Å². The number of rotatable bonds is 3. The minimum absolute atomic E-state index is 0.0270. The number of amides is 1. The maximum absolute atomic E-state index is 13.2. The number of hydrogen-bond donors (Lipinski definition) is 1. The molecule has 27 heavy (non-hydrogen) atoms. The van der Waals surface area contributed by atoms with Crippen molar-refractivity contribution in [3.05, 3.63) is 52.6 Å². The highest BCUT2D eigenvalue weighted by Crippen LogP contribution is 2.31. The molecule has 3 rings (SSSR count). The molecule has 1 N–H and O–H groups in total. The minimum atomic E-state index is -0.225. The lowest BCUT2D eigenvalue weighted by molar-refractivity contribution is -0.117. The molecule has 0 bridgehead atoms. The molecular weight excluding hydrogens is 341 g/mol. The topological polar surface area (TPSA) is 45.2 Å². The first-order chi connectivity index (χ1) is 12.6. The molecule has 0 atom stereocenters. The fourth-order valence-electron chi connectivity index (χ4n) is 3.66. The van der Waals surface area contributed by atoms with Crippen LogP contribution in [0.25, 0.3) is 0 Å². The molecule has 144 valence electrons. The van der Waals surface area contributed by atoms with Crippen molar-refractivity contribution >= 4 is 17.3 Å². The molecule has 1 aliphatic heterocycles. The van der Waals surface area contributed by atoms with Crippen LogP contribution >= 0.6 is 0 Å². The second-order valence-electron chi connectivity index (χ2n) is 8.56. The summed E-state index contributed by atoms with van der Waals surface area (Å²) < 4.78 is 13.2. The molecule has 0 fully saturated rings. The smallest absolute Gasteiger partial charge is 0.224 e. The number of hydrogen-bond acceptors (Lipinski definition) is 3. The lowest BCUT2D eigenvalue weighted by atomic mass is 9.91. The van der Waals surface area contributed by atoms with Crippen LogP contribution in [0.5, 0.6) is 0 Å². The van der Waals surface area contributed by atoms with E-state index in [1.807, 2.05) is 6.92 Å². The van der Waals surface area contributed by atoms with E-state index < -0.39 is 0 Å². The van der Waals surface area contributed by atoms with Crippen molar-refractivity contribution < 1.29 is 9.18 Å². The summed E-state index contributed by atoms with van der Waals surface area (Å²) in [6.45, 7) is 11.7. The fourth-order valence-corrected chi connectivity index (χ4v) is 3.66. The Labute approximate surface area is 160 Å². The van der Waals surface area contributed by atoms with Crippen LogP contribution in [0, 0.1) is 25.1 Å². The number of nitrogens with one attached hydrogen (secondary N) is 1. The van der Waals surface area contributed by atoms with Crippen LogP contribution in [0.4, 0.5) is 15.8 Å². The molecule has 0 aliphatic carbocycles. The van der Waals surface area contributed by atoms with Gasteiger partial charge in [0.05, 0.1) is 23.6 Å². The van der Waals surface area contributed by atoms with Gasteiger partial charge in [0, 0.05) is 18.7 Å². The summed E-state index contributed by atoms with van der Waals surface area (Å²) in [6.07, 6.45) is 1.33. The van der Waals surface area contributed by atoms with Gasteiger partial charge < -0.3 is 10.2 Å². The molecule has 0 saturated carbocycles. The zero-order valence-corrected chi connectivity index (χ0v) is 16.8. The van der Waals surface area contributed by atoms with Crippen molar-refractivity contribution in [1.82, 2.24) is 4.98 Å². The number of aromatic nitrogens is 1. The number of benzene rings is 1. The van der Waals surface area contributed by atoms with E-state index in [2.05, 4.69) is 37.9 Å². The Morgan fingerprint density at radius 1 is 1.22 bits per heavy atom. The van der Waals surface area contributed by atoms with Crippen LogP contribution < -0.4 is 10.2 Å². The highest BCUT2D eigenvalue weighted by molar-refractivity contribution is 5.92. The molecule has 2 aromatic rings. The third-order valence-electron chi connectivity index (χ3n) is 4.96. The molecular formula is C22H28FN3O. The summed E-state index contributed by atoms with van der Waals surface area (Å²) in [7, 11) is 0. The van der Waals surface area contributed by atoms with Gasteiger partial charge in [-0.2, -0.15) is 0 Å². The van der Waals surface area contributed by atoms with Crippen LogP contribution in [0.1, 0.15) is 49.7 Å². The molecule has 1 aromatic carbocycles. The van der Waals surface area contributed by atoms with E-state index in [1.165, 1.54) is 17.7 Å². The maximum atomic E-state index is 13.2. The van der Waals surface area contributed by atoms with Gasteiger partial charge in [0.1, 0.15) is 5.82 Å². The van der Waals surface area contributed by atoms with E-state index in [0.717, 1.165) is 41.3 Å². The quantitative estimate of drug-likeness (QED) is 0.847. The van der Waals surface area contributed by atoms with Gasteiger partial charge in [0.15, 0.2) is 0 Å². The van der Waals surface area contributed by atoms with Gasteiger partial charge in [0.2, 0.25) is 5.91 Å². The van der Waals surface area contributed by atoms with E-state index >= 15 is 0 Å². The van der Waals surface area contributed by atoms with Crippen LogP contribution in [0.2, 0.25) is 0 Å². The zero-order valence-electron chi connectivity index (χ0n) is 16.8. The first kappa shape index (κ1) is 19.3. The lowest BCUT2D eigenvalue weighted by Crippen LogP contribution is -2.32. The Kier molecular flexibility index (Phi) is 5.22. The Balaban J connectivity index is 1.83. The molecule has 0 radical (unpaired) electrons. The van der Waals surface area contributed by atoms with Crippen molar-refractivity contribution in [2.45, 2.75) is 54.0 Å². The summed E-state index contributed by atoms with van der Waals surface area (Å²) in [5.74, 6) is -0.198. The number of halogens is 1. The highest BCUT2D eigenvalue weighted by atomic mass is 19.1. The third kappa shape index (κ3) is 4.46. The van der Waals surface area contributed by atoms with Gasteiger partial charge in [-0.05, 0) is 61.1 Å². The second-order valence-corrected chi connectivity index (χ2v) is 8.56. The molecule has 0 spiro atoms. The Morgan fingerprint density at radius 3 is 2.52 bits per heavy atom. The lowest BCUT2D eigenvalue weighted by Gasteiger charge is -2.32. The van der Waals surface area contributed by atoms with Crippen molar-refractivity contribution in [3.63, 3.8) is 0 Å². The van der Waals surface area contributed by atoms with Gasteiger partial charge in [-0.15, -0.1) is 0 Å². The molecule has 1 aromatic heterocycles. The first-order valence-electron chi connectivity index (χ1n) is 9.43. The van der Waals surface area contributed by atoms with Gasteiger partial charge in [-0.25, -0.2) is 4.39 Å². The SMILES string of the molecule is Cc1nc2c(c(C)c1NC(=O)CC(C)(C)C)CCN(c1ccc(F)cc1)C2. The molecule has 5 heteroatoms. The number of pyridine rings is 1. The number of fused-ring (bicyclic) bond motifs is 1. The van der Waals surface area contributed by atoms with E-state index in [0.29, 0.717) is 13.0 Å². The number of carbonyl (C=O) groups excluding carboxylic acids is 1. The zero-order chi connectivity index (χ0) is 19.8. The highest BCUT2D eigenvalue weighted by Gasteiger charge is 2.24. The van der Waals surface area contributed by atoms with Crippen LogP contribution in [0.3, 0.4) is 0 Å². The minimum Gasteiger partial charge on any atom is -0.365 e. The monoisotopic (exact) mass is 369 g/mol. The van der Waals surface area contributed by atoms with Crippen molar-refractivity contribution in [2.24, 2.45) is 5.41 Å². The van der Waals surface area contributed by atoms with Crippen LogP contribution in [0.15, 0.2) is 24.3 Å². The van der Waals surface area contributed by atoms with E-state index in [4.69, 9.17) is 4.98 Å². The molecule has 1 amide bonds. The molecule has 0 unspecified atom stereocenters. The van der Waals surface area contributed by atoms with Crippen molar-refractivity contribution in [1.29, 1.82) is 0 Å². The summed E-state index contributed by atoms with van der Waals surface area (Å²) >= 11 is 0. The normalized spacial score (nSPS) is 14.1. The van der Waals surface area contributed by atoms with Crippen molar-refractivity contribution in [3.8, 4) is 0 Å². The Morgan fingerprint density at radius 2 is 1.89 bits per heavy atom. The van der Waals surface area contributed by atoms with Gasteiger partial charge in [-0.1, -0.05) is 20.8 Å². The molecule has 0 saturated heterocycles. The third-order valence-corrected chi connectivity index (χ3v) is 4.96. The summed E-state index contributed by atoms with van der Waals surface area (Å²) in [4.78, 5) is 19.4. The Hall–Kier alpha value is -2.43. The van der Waals surface area contributed by atoms with Gasteiger partial charge in [-0.3, -0.25) is 9.78 Å². The number of aryl methyl sites for hydroxylation is 1. The maximum Gasteiger partial charge on any atom is 0.224 e. The Bertz CT molecular complexity index is 853. The molecule has 1 aliphatic rings. The van der Waals surface area contributed by atoms with E-state index in [-0.39, 0.29) is 17.1 Å². The predicted octanol–water partition coefficient (Wildman–Crippen LogP) is 4.77. The second kappa shape index (κ2) is 7.29. The fraction of sp³-hybridized carbons (Fsp3) is 0.455. The predicted molar refractivity (Wildman–Crippen MR) is 108 cm³/mol. The molecule has 2 heterocycles. The standard InChI is InChI=1S/C22H28FN3O/c1-14-18-10-11-26(17-8-6-16(23)7-9-17)13-19(18)24-15(2)21(14)25-20(27)12-22(3,4)5/h6-9H,10-13H2,1-5H3,(H,25,27). The average Bonchev–Trinajstić information content (AvgIpc) is 2.57. The molecule has 4 nitrogen and oxygen atoms in total. The summed E-state index contributed by atoms with van der Waals surface area (Å²) in [6, 6.07) is 6.59. The summed E-state index contributed by atoms with van der Waals surface area (Å²) in [5, 5.41) is 3.08. The van der Waals surface area contributed by atoms with E-state index in [9.17, 15) is 9.18 Å². The van der Waals surface area contributed by atoms with Gasteiger partial charge >= 0.3 is 0 Å². The average molecular weight is 369 g/mol. The summed E-state index contributed by atoms with van der Waals surface area (Å²) in [5.41, 5.74) is 6.00. The number of nitrogens with zero attached hydrogens (tertiary/aromatic N) is 2. The van der Waals surface area contributed by atoms with Crippen LogP contribution in [-0.2, 0) is 17.8 Å².